The Bertz CT molecular complexity index is 444. The van der Waals surface area contributed by atoms with Crippen molar-refractivity contribution in [2.24, 2.45) is 0 Å². The second-order valence-corrected chi connectivity index (χ2v) is 4.40. The normalized spacial score (nSPS) is 11.1. The van der Waals surface area contributed by atoms with Crippen LogP contribution in [0.15, 0.2) is 4.42 Å². The predicted octanol–water partition coefficient (Wildman–Crippen LogP) is 2.46. The lowest BCUT2D eigenvalue weighted by molar-refractivity contribution is 0.0694. The van der Waals surface area contributed by atoms with Gasteiger partial charge in [-0.05, 0) is 6.92 Å². The lowest BCUT2D eigenvalue weighted by atomic mass is 9.89. The third-order valence-corrected chi connectivity index (χ3v) is 2.09. The molecule has 0 aliphatic heterocycles. The molecule has 0 amide bonds. The lowest BCUT2D eigenvalue weighted by Crippen LogP contribution is -2.12. The molecular weight excluding hydrogens is 194 g/mol. The van der Waals surface area contributed by atoms with Crippen LogP contribution in [0.1, 0.15) is 48.2 Å². The fraction of sp³-hybridized carbons (Fsp3) is 0.455. The van der Waals surface area contributed by atoms with Gasteiger partial charge in [0.25, 0.3) is 0 Å². The molecule has 4 heteroatoms. The van der Waals surface area contributed by atoms with Gasteiger partial charge in [-0.15, -0.1) is 0 Å². The number of carbonyl (C=O) groups is 1. The molecule has 1 rings (SSSR count). The van der Waals surface area contributed by atoms with Crippen molar-refractivity contribution in [1.82, 2.24) is 0 Å². The van der Waals surface area contributed by atoms with Crippen molar-refractivity contribution >= 4 is 5.97 Å². The van der Waals surface area contributed by atoms with Gasteiger partial charge in [0.2, 0.25) is 0 Å². The van der Waals surface area contributed by atoms with Gasteiger partial charge in [-0.25, -0.2) is 4.79 Å². The summed E-state index contributed by atoms with van der Waals surface area (Å²) in [6.45, 7) is 7.17. The van der Waals surface area contributed by atoms with Crippen LogP contribution in [-0.2, 0) is 5.41 Å². The molecule has 0 radical (unpaired) electrons. The molecule has 0 saturated carbocycles. The van der Waals surface area contributed by atoms with Crippen molar-refractivity contribution in [3.8, 4) is 6.07 Å². The van der Waals surface area contributed by atoms with Crippen molar-refractivity contribution in [3.63, 3.8) is 0 Å². The molecule has 1 N–H and O–H groups in total. The maximum Gasteiger partial charge on any atom is 0.340 e. The molecule has 0 bridgehead atoms. The number of rotatable bonds is 1. The van der Waals surface area contributed by atoms with Gasteiger partial charge in [0.15, 0.2) is 0 Å². The van der Waals surface area contributed by atoms with E-state index in [4.69, 9.17) is 14.8 Å². The van der Waals surface area contributed by atoms with Gasteiger partial charge >= 0.3 is 5.97 Å². The summed E-state index contributed by atoms with van der Waals surface area (Å²) in [4.78, 5) is 10.9. The molecule has 0 saturated heterocycles. The Morgan fingerprint density at radius 2 is 2.00 bits per heavy atom. The fourth-order valence-electron chi connectivity index (χ4n) is 1.44. The van der Waals surface area contributed by atoms with Crippen molar-refractivity contribution in [2.45, 2.75) is 33.1 Å². The predicted molar refractivity (Wildman–Crippen MR) is 53.8 cm³/mol. The maximum atomic E-state index is 10.9. The summed E-state index contributed by atoms with van der Waals surface area (Å²) in [6, 6.07) is 1.90. The third-order valence-electron chi connectivity index (χ3n) is 2.09. The monoisotopic (exact) mass is 207 g/mol. The molecule has 0 aromatic carbocycles. The number of aryl methyl sites for hydroxylation is 1. The first-order valence-electron chi connectivity index (χ1n) is 4.56. The highest BCUT2D eigenvalue weighted by atomic mass is 16.4. The fourth-order valence-corrected chi connectivity index (χ4v) is 1.44. The van der Waals surface area contributed by atoms with E-state index >= 15 is 0 Å². The van der Waals surface area contributed by atoms with Gasteiger partial charge in [-0.2, -0.15) is 5.26 Å². The minimum atomic E-state index is -1.12. The summed E-state index contributed by atoms with van der Waals surface area (Å²) in [6.07, 6.45) is 0. The quantitative estimate of drug-likeness (QED) is 0.767. The van der Waals surface area contributed by atoms with E-state index in [1.807, 2.05) is 26.8 Å². The zero-order valence-corrected chi connectivity index (χ0v) is 9.21. The third kappa shape index (κ3) is 1.86. The van der Waals surface area contributed by atoms with Gasteiger partial charge in [0.05, 0.1) is 0 Å². The van der Waals surface area contributed by atoms with Gasteiger partial charge in [-0.3, -0.25) is 0 Å². The number of hydrogen-bond donors (Lipinski definition) is 1. The van der Waals surface area contributed by atoms with E-state index in [1.165, 1.54) is 0 Å². The second-order valence-electron chi connectivity index (χ2n) is 4.40. The van der Waals surface area contributed by atoms with Crippen LogP contribution in [0, 0.1) is 18.3 Å². The maximum absolute atomic E-state index is 10.9. The first kappa shape index (κ1) is 11.3. The molecule has 0 aliphatic rings. The van der Waals surface area contributed by atoms with E-state index in [0.717, 1.165) is 0 Å². The lowest BCUT2D eigenvalue weighted by Gasteiger charge is -2.14. The van der Waals surface area contributed by atoms with Crippen LogP contribution >= 0.6 is 0 Å². The number of hydrogen-bond acceptors (Lipinski definition) is 3. The van der Waals surface area contributed by atoms with Crippen molar-refractivity contribution in [2.75, 3.05) is 0 Å². The topological polar surface area (TPSA) is 74.2 Å². The molecule has 15 heavy (non-hydrogen) atoms. The first-order valence-corrected chi connectivity index (χ1v) is 4.56. The number of carboxylic acid groups (broad SMARTS) is 1. The molecule has 1 aromatic heterocycles. The summed E-state index contributed by atoms with van der Waals surface area (Å²) in [5.41, 5.74) is -0.265. The van der Waals surface area contributed by atoms with Crippen molar-refractivity contribution in [1.29, 1.82) is 5.26 Å². The number of furan rings is 1. The molecule has 80 valence electrons. The van der Waals surface area contributed by atoms with Crippen LogP contribution in [0.5, 0.6) is 0 Å². The molecule has 0 aliphatic carbocycles. The second kappa shape index (κ2) is 3.43. The van der Waals surface area contributed by atoms with Gasteiger partial charge in [-0.1, -0.05) is 20.8 Å². The van der Waals surface area contributed by atoms with E-state index in [9.17, 15) is 4.79 Å². The zero-order valence-electron chi connectivity index (χ0n) is 9.21. The number of aromatic carboxylic acids is 1. The Balaban J connectivity index is 3.54. The molecule has 1 aromatic rings. The summed E-state index contributed by atoms with van der Waals surface area (Å²) in [5, 5.41) is 17.9. The highest BCUT2D eigenvalue weighted by Gasteiger charge is 2.29. The van der Waals surface area contributed by atoms with Crippen LogP contribution in [0.25, 0.3) is 0 Å². The molecule has 0 atom stereocenters. The van der Waals surface area contributed by atoms with Crippen LogP contribution in [0.4, 0.5) is 0 Å². The summed E-state index contributed by atoms with van der Waals surface area (Å²) >= 11 is 0. The Labute approximate surface area is 88.1 Å². The van der Waals surface area contributed by atoms with Gasteiger partial charge in [0.1, 0.15) is 28.7 Å². The Kier molecular flexibility index (Phi) is 2.59. The molecule has 0 spiro atoms. The zero-order chi connectivity index (χ0) is 11.8. The highest BCUT2D eigenvalue weighted by Crippen LogP contribution is 2.31. The van der Waals surface area contributed by atoms with E-state index in [-0.39, 0.29) is 22.3 Å². The Hall–Kier alpha value is -1.76. The van der Waals surface area contributed by atoms with Gasteiger partial charge < -0.3 is 9.52 Å². The smallest absolute Gasteiger partial charge is 0.340 e. The molecule has 4 nitrogen and oxygen atoms in total. The number of nitrogens with zero attached hydrogens (tertiary/aromatic N) is 1. The minimum absolute atomic E-state index is 0.0255. The standard InChI is InChI=1S/C11H13NO3/c1-6-8(10(13)14)7(5-12)9(15-6)11(2,3)4/h1-4H3,(H,13,14). The molecule has 0 unspecified atom stereocenters. The van der Waals surface area contributed by atoms with Crippen molar-refractivity contribution in [3.05, 3.63) is 22.6 Å². The summed E-state index contributed by atoms with van der Waals surface area (Å²) < 4.78 is 5.36. The van der Waals surface area contributed by atoms with Crippen molar-refractivity contribution < 1.29 is 14.3 Å². The first-order chi connectivity index (χ1) is 6.79. The van der Waals surface area contributed by atoms with E-state index < -0.39 is 5.97 Å². The van der Waals surface area contributed by atoms with E-state index in [0.29, 0.717) is 5.76 Å². The van der Waals surface area contributed by atoms with E-state index in [1.54, 1.807) is 6.92 Å². The Morgan fingerprint density at radius 1 is 1.47 bits per heavy atom. The molecular formula is C11H13NO3. The highest BCUT2D eigenvalue weighted by molar-refractivity contribution is 5.92. The molecule has 0 fully saturated rings. The minimum Gasteiger partial charge on any atom is -0.478 e. The SMILES string of the molecule is Cc1oc(C(C)(C)C)c(C#N)c1C(=O)O. The Morgan fingerprint density at radius 3 is 2.33 bits per heavy atom. The summed E-state index contributed by atoms with van der Waals surface area (Å²) in [7, 11) is 0. The summed E-state index contributed by atoms with van der Waals surface area (Å²) in [5.74, 6) is -0.410. The van der Waals surface area contributed by atoms with E-state index in [2.05, 4.69) is 0 Å². The van der Waals surface area contributed by atoms with Crippen LogP contribution in [0.3, 0.4) is 0 Å². The average Bonchev–Trinajstić information content (AvgIpc) is 2.41. The molecule has 1 heterocycles. The van der Waals surface area contributed by atoms with Crippen LogP contribution in [-0.4, -0.2) is 11.1 Å². The average molecular weight is 207 g/mol. The number of nitriles is 1. The largest absolute Gasteiger partial charge is 0.478 e. The number of carboxylic acids is 1. The van der Waals surface area contributed by atoms with Gasteiger partial charge in [0, 0.05) is 5.41 Å². The van der Waals surface area contributed by atoms with Crippen LogP contribution < -0.4 is 0 Å². The van der Waals surface area contributed by atoms with Crippen LogP contribution in [0.2, 0.25) is 0 Å².